The molecule has 19 heteroatoms. The van der Waals surface area contributed by atoms with Crippen LogP contribution in [0.1, 0.15) is 103 Å². The molecule has 0 spiro atoms. The Morgan fingerprint density at radius 3 is 2.18 bits per heavy atom. The Bertz CT molecular complexity index is 2330. The summed E-state index contributed by atoms with van der Waals surface area (Å²) in [6.45, 7) is 15.8. The van der Waals surface area contributed by atoms with Gasteiger partial charge in [0, 0.05) is 61.1 Å². The Balaban J connectivity index is 0.00000110. The lowest BCUT2D eigenvalue weighted by Crippen LogP contribution is -2.48. The molecule has 4 aromatic rings. The smallest absolute Gasteiger partial charge is 0.388 e. The van der Waals surface area contributed by atoms with E-state index in [0.717, 1.165) is 44.2 Å². The van der Waals surface area contributed by atoms with E-state index in [-0.39, 0.29) is 46.2 Å². The Kier molecular flexibility index (Phi) is 18.8. The Labute approximate surface area is 394 Å². The van der Waals surface area contributed by atoms with Gasteiger partial charge in [0.15, 0.2) is 17.4 Å². The van der Waals surface area contributed by atoms with Gasteiger partial charge in [-0.3, -0.25) is 30.2 Å². The molecule has 0 aliphatic carbocycles. The van der Waals surface area contributed by atoms with Crippen LogP contribution in [0.4, 0.5) is 36.2 Å². The second-order valence-electron chi connectivity index (χ2n) is 16.6. The fourth-order valence-corrected chi connectivity index (χ4v) is 8.24. The first-order valence-corrected chi connectivity index (χ1v) is 23.1. The average Bonchev–Trinajstić information content (AvgIpc) is 3.27. The maximum absolute atomic E-state index is 13.4. The lowest BCUT2D eigenvalue weighted by molar-refractivity contribution is -0.130. The highest BCUT2D eigenvalue weighted by Crippen LogP contribution is 2.39. The first-order chi connectivity index (χ1) is 31.1. The van der Waals surface area contributed by atoms with Gasteiger partial charge in [0.1, 0.15) is 28.2 Å². The molecule has 0 unspecified atom stereocenters. The van der Waals surface area contributed by atoms with Crippen molar-refractivity contribution in [1.29, 1.82) is 10.8 Å². The van der Waals surface area contributed by atoms with Crippen molar-refractivity contribution in [2.24, 2.45) is 11.7 Å². The number of ketones is 1. The summed E-state index contributed by atoms with van der Waals surface area (Å²) in [6.07, 6.45) is 0.0668. The Morgan fingerprint density at radius 2 is 1.64 bits per heavy atom. The number of hydrogen-bond donors (Lipinski definition) is 7. The van der Waals surface area contributed by atoms with Crippen LogP contribution in [0.15, 0.2) is 70.7 Å². The molecule has 1 amide bonds. The number of anilines is 4. The zero-order chi connectivity index (χ0) is 49.1. The number of nitrogen functional groups attached to an aromatic ring is 1. The number of carbonyl (C=O) groups excluding carboxylic acids is 2. The van der Waals surface area contributed by atoms with E-state index in [4.69, 9.17) is 33.9 Å². The third-order valence-electron chi connectivity index (χ3n) is 11.2. The van der Waals surface area contributed by atoms with Gasteiger partial charge in [-0.1, -0.05) is 76.2 Å². The molecule has 1 aromatic heterocycles. The molecule has 3 heterocycles. The lowest BCUT2D eigenvalue weighted by atomic mass is 9.91. The molecule has 0 bridgehead atoms. The van der Waals surface area contributed by atoms with Crippen LogP contribution in [0.5, 0.6) is 11.5 Å². The van der Waals surface area contributed by atoms with Crippen molar-refractivity contribution in [2.45, 2.75) is 115 Å². The molecule has 3 aromatic carbocycles. The number of phenols is 2. The monoisotopic (exact) mass is 954 g/mol. The number of amides is 1. The minimum absolute atomic E-state index is 0.0899. The Hall–Kier alpha value is -5.43. The number of aromatic hydroxyl groups is 2. The van der Waals surface area contributed by atoms with Crippen molar-refractivity contribution in [3.05, 3.63) is 82.5 Å². The second-order valence-corrected chi connectivity index (χ2v) is 18.0. The van der Waals surface area contributed by atoms with Gasteiger partial charge < -0.3 is 31.9 Å². The van der Waals surface area contributed by atoms with E-state index in [1.54, 1.807) is 24.4 Å². The van der Waals surface area contributed by atoms with Crippen molar-refractivity contribution >= 4 is 69.7 Å². The summed E-state index contributed by atoms with van der Waals surface area (Å²) in [5.41, 5.74) is 15.0. The van der Waals surface area contributed by atoms with Gasteiger partial charge in [-0.2, -0.15) is 13.2 Å². The number of Topliss-reactive ketones (excluding diaryl/α,β-unsaturated/α-hetero) is 1. The van der Waals surface area contributed by atoms with E-state index in [0.29, 0.717) is 70.2 Å². The number of nitrogens with zero attached hydrogens (tertiary/aromatic N) is 5. The maximum atomic E-state index is 13.4. The van der Waals surface area contributed by atoms with Crippen molar-refractivity contribution in [3.63, 3.8) is 0 Å². The molecular formula is C47H62ClF3N10O4S. The number of nitrogens with two attached hydrogens (primary N) is 2. The quantitative estimate of drug-likeness (QED) is 0.0551. The number of likely N-dealkylation sites (tertiary alicyclic amines) is 1. The number of piperidine rings is 2. The highest BCUT2D eigenvalue weighted by atomic mass is 35.5. The molecule has 2 fully saturated rings. The minimum Gasteiger partial charge on any atom is -0.508 e. The average molecular weight is 956 g/mol. The first-order valence-electron chi connectivity index (χ1n) is 21.9. The van der Waals surface area contributed by atoms with E-state index in [9.17, 15) is 33.0 Å². The number of rotatable bonds is 11. The number of halogens is 4. The van der Waals surface area contributed by atoms with E-state index >= 15 is 0 Å². The summed E-state index contributed by atoms with van der Waals surface area (Å²) in [5.74, 6) is -1.02. The van der Waals surface area contributed by atoms with Crippen LogP contribution < -0.4 is 26.6 Å². The maximum Gasteiger partial charge on any atom is 0.388 e. The largest absolute Gasteiger partial charge is 0.508 e. The highest BCUT2D eigenvalue weighted by Gasteiger charge is 2.30. The molecule has 0 saturated carbocycles. The van der Waals surface area contributed by atoms with Gasteiger partial charge in [-0.25, -0.2) is 9.97 Å². The number of nitrogens with one attached hydrogen (secondary N) is 3. The molecule has 6 rings (SSSR count). The van der Waals surface area contributed by atoms with Crippen LogP contribution in [-0.4, -0.2) is 86.3 Å². The van der Waals surface area contributed by atoms with E-state index in [2.05, 4.69) is 32.0 Å². The number of alkyl halides is 3. The second kappa shape index (κ2) is 23.3. The molecule has 2 aliphatic rings. The number of carbonyl (C=O) groups is 2. The number of phenolic OH excluding ortho intramolecular Hbond substituents is 2. The number of aromatic nitrogens is 2. The highest BCUT2D eigenvalue weighted by molar-refractivity contribution is 7.99. The fraction of sp³-hybridized carbons (Fsp3) is 0.447. The third-order valence-corrected chi connectivity index (χ3v) is 12.8. The summed E-state index contributed by atoms with van der Waals surface area (Å²) < 4.78 is 32.4. The zero-order valence-electron chi connectivity index (χ0n) is 38.5. The number of hydrogen-bond acceptors (Lipinski definition) is 13. The predicted octanol–water partition coefficient (Wildman–Crippen LogP) is 9.95. The lowest BCUT2D eigenvalue weighted by Gasteiger charge is -2.37. The summed E-state index contributed by atoms with van der Waals surface area (Å²) in [5, 5.41) is 42.4. The normalized spacial score (nSPS) is 15.2. The zero-order valence-corrected chi connectivity index (χ0v) is 40.1. The SMILES string of the molecule is CC.CC(=O)C(=N)N(C(=N)c1cc(C(C)C)c(O)cc1O)c1ccc(CN2CCC(C(=O)Nc3cccc(Sc4ncc(N5CCC(C)(N)CC5)nc4N)c3Cl)CC2)cc1.CCC(F)(F)F. The fourth-order valence-electron chi connectivity index (χ4n) is 7.14. The van der Waals surface area contributed by atoms with Gasteiger partial charge in [0.25, 0.3) is 0 Å². The minimum atomic E-state index is -3.96. The Morgan fingerprint density at radius 1 is 1.03 bits per heavy atom. The van der Waals surface area contributed by atoms with Crippen LogP contribution >= 0.6 is 23.4 Å². The molecule has 66 heavy (non-hydrogen) atoms. The standard InChI is InChI=1S/C42H51ClN10O4S.C3H5F3.C2H6/c1-24(2)29-20-30(33(56)21-32(29)55)39(46)53(38(45)25(3)54)28-10-8-26(9-11-28)23-51-16-12-27(13-17-51)40(57)49-31-6-5-7-34(36(31)43)58-41-37(44)50-35(22-48-41)52-18-14-42(4,47)15-19-52;1-2-3(4,5)6;1-2/h5-11,20-22,24,27,45-46,55-56H,12-19,23,47H2,1-4H3,(H2,44,50)(H,49,57);2H2,1H3;1-2H3. The van der Waals surface area contributed by atoms with Crippen LogP contribution in [-0.2, 0) is 16.1 Å². The number of amidine groups is 2. The number of benzene rings is 3. The third kappa shape index (κ3) is 14.3. The van der Waals surface area contributed by atoms with Crippen molar-refractivity contribution < 1.29 is 33.0 Å². The van der Waals surface area contributed by atoms with Gasteiger partial charge in [0.2, 0.25) is 5.91 Å². The summed E-state index contributed by atoms with van der Waals surface area (Å²) in [7, 11) is 0. The molecule has 2 aliphatic heterocycles. The summed E-state index contributed by atoms with van der Waals surface area (Å²) in [6, 6.07) is 15.4. The molecule has 0 radical (unpaired) electrons. The van der Waals surface area contributed by atoms with Crippen molar-refractivity contribution in [3.8, 4) is 11.5 Å². The molecule has 9 N–H and O–H groups in total. The first kappa shape index (κ1) is 53.2. The van der Waals surface area contributed by atoms with Gasteiger partial charge in [-0.05, 0) is 93.1 Å². The van der Waals surface area contributed by atoms with Gasteiger partial charge in [-0.15, -0.1) is 0 Å². The topological polar surface area (TPSA) is 222 Å². The van der Waals surface area contributed by atoms with Crippen LogP contribution in [0.25, 0.3) is 0 Å². The predicted molar refractivity (Wildman–Crippen MR) is 258 cm³/mol. The van der Waals surface area contributed by atoms with E-state index < -0.39 is 24.2 Å². The summed E-state index contributed by atoms with van der Waals surface area (Å²) >= 11 is 8.11. The van der Waals surface area contributed by atoms with Crippen LogP contribution in [0, 0.1) is 16.7 Å². The molecule has 14 nitrogen and oxygen atoms in total. The molecule has 0 atom stereocenters. The van der Waals surface area contributed by atoms with E-state index in [1.165, 1.54) is 35.7 Å². The molecular weight excluding hydrogens is 893 g/mol. The summed E-state index contributed by atoms with van der Waals surface area (Å²) in [4.78, 5) is 41.3. The molecule has 2 saturated heterocycles. The molecule has 358 valence electrons. The van der Waals surface area contributed by atoms with Crippen molar-refractivity contribution in [2.75, 3.05) is 47.0 Å². The van der Waals surface area contributed by atoms with Crippen LogP contribution in [0.3, 0.4) is 0 Å². The van der Waals surface area contributed by atoms with Gasteiger partial charge >= 0.3 is 6.18 Å². The van der Waals surface area contributed by atoms with Crippen molar-refractivity contribution in [1.82, 2.24) is 14.9 Å². The van der Waals surface area contributed by atoms with Crippen LogP contribution in [0.2, 0.25) is 5.02 Å². The van der Waals surface area contributed by atoms with Gasteiger partial charge in [0.05, 0.1) is 22.5 Å². The van der Waals surface area contributed by atoms with E-state index in [1.807, 2.05) is 52.0 Å².